The Balaban J connectivity index is 1.60. The molecule has 1 atom stereocenters. The van der Waals surface area contributed by atoms with Gasteiger partial charge in [0.2, 0.25) is 11.6 Å². The normalized spacial score (nSPS) is 15.8. The molecule has 4 rings (SSSR count). The first-order chi connectivity index (χ1) is 15.2. The predicted octanol–water partition coefficient (Wildman–Crippen LogP) is 3.46. The van der Waals surface area contributed by atoms with Gasteiger partial charge in [-0.25, -0.2) is 9.37 Å². The van der Waals surface area contributed by atoms with Crippen LogP contribution < -0.4 is 10.5 Å². The number of para-hydroxylation sites is 2. The molecule has 1 amide bonds. The third kappa shape index (κ3) is 4.04. The van der Waals surface area contributed by atoms with E-state index in [0.717, 1.165) is 10.3 Å². The Morgan fingerprint density at radius 2 is 1.62 bits per heavy atom. The van der Waals surface area contributed by atoms with Crippen molar-refractivity contribution < 1.29 is 22.4 Å². The predicted molar refractivity (Wildman–Crippen MR) is 111 cm³/mol. The fraction of sp³-hybridized carbons (Fsp3) is 0.318. The van der Waals surface area contributed by atoms with Gasteiger partial charge in [0.25, 0.3) is 5.56 Å². The summed E-state index contributed by atoms with van der Waals surface area (Å²) in [4.78, 5) is 32.8. The van der Waals surface area contributed by atoms with Crippen LogP contribution in [0.2, 0.25) is 0 Å². The third-order valence-electron chi connectivity index (χ3n) is 5.59. The van der Waals surface area contributed by atoms with Crippen molar-refractivity contribution in [2.24, 2.45) is 0 Å². The van der Waals surface area contributed by atoms with E-state index < -0.39 is 29.4 Å². The molecule has 1 aliphatic heterocycles. The lowest BCUT2D eigenvalue weighted by atomic mass is 10.2. The maximum absolute atomic E-state index is 13.4. The quantitative estimate of drug-likeness (QED) is 0.576. The van der Waals surface area contributed by atoms with Crippen molar-refractivity contribution in [1.82, 2.24) is 14.5 Å². The van der Waals surface area contributed by atoms with Crippen LogP contribution in [0.4, 0.5) is 23.2 Å². The van der Waals surface area contributed by atoms with Crippen LogP contribution >= 0.6 is 0 Å². The van der Waals surface area contributed by atoms with Gasteiger partial charge in [0.1, 0.15) is 11.9 Å². The molecule has 1 fully saturated rings. The van der Waals surface area contributed by atoms with E-state index in [-0.39, 0.29) is 16.9 Å². The Kier molecular flexibility index (Phi) is 5.62. The first kappa shape index (κ1) is 21.8. The number of halogens is 4. The molecule has 1 aliphatic rings. The minimum atomic E-state index is -4.94. The van der Waals surface area contributed by atoms with Gasteiger partial charge in [0.05, 0.1) is 11.0 Å². The Morgan fingerprint density at radius 3 is 2.25 bits per heavy atom. The van der Waals surface area contributed by atoms with Crippen molar-refractivity contribution in [3.05, 3.63) is 70.4 Å². The average Bonchev–Trinajstić information content (AvgIpc) is 2.78. The summed E-state index contributed by atoms with van der Waals surface area (Å²) in [6.07, 6.45) is -4.94. The van der Waals surface area contributed by atoms with Crippen LogP contribution in [0.15, 0.2) is 53.3 Å². The van der Waals surface area contributed by atoms with E-state index in [1.807, 2.05) is 4.90 Å². The molecule has 0 bridgehead atoms. The molecule has 1 saturated heterocycles. The highest BCUT2D eigenvalue weighted by molar-refractivity contribution is 5.83. The molecule has 0 spiro atoms. The van der Waals surface area contributed by atoms with Crippen LogP contribution in [0.25, 0.3) is 11.0 Å². The summed E-state index contributed by atoms with van der Waals surface area (Å²) in [5.41, 5.74) is -1.92. The number of alkyl halides is 3. The molecule has 1 unspecified atom stereocenters. The SMILES string of the molecule is CC(C(=O)N1CCN(c2ccc(F)cc2)CC1)n1c(=O)c(C(F)(F)F)nc2ccccc21. The molecular formula is C22H20F4N4O2. The number of hydrogen-bond donors (Lipinski definition) is 0. The number of nitrogens with zero attached hydrogens (tertiary/aromatic N) is 4. The van der Waals surface area contributed by atoms with E-state index in [2.05, 4.69) is 4.98 Å². The van der Waals surface area contributed by atoms with Gasteiger partial charge in [-0.2, -0.15) is 13.2 Å². The van der Waals surface area contributed by atoms with E-state index >= 15 is 0 Å². The zero-order valence-electron chi connectivity index (χ0n) is 17.1. The lowest BCUT2D eigenvalue weighted by molar-refractivity contribution is -0.143. The first-order valence-corrected chi connectivity index (χ1v) is 10.0. The maximum Gasteiger partial charge on any atom is 0.438 e. The number of carbonyl (C=O) groups excluding carboxylic acids is 1. The molecule has 0 N–H and O–H groups in total. The minimum Gasteiger partial charge on any atom is -0.368 e. The summed E-state index contributed by atoms with van der Waals surface area (Å²) < 4.78 is 54.2. The van der Waals surface area contributed by atoms with Crippen LogP contribution in [0, 0.1) is 5.82 Å². The number of hydrogen-bond acceptors (Lipinski definition) is 4. The number of anilines is 1. The molecule has 0 radical (unpaired) electrons. The van der Waals surface area contributed by atoms with Crippen molar-refractivity contribution in [2.45, 2.75) is 19.1 Å². The molecule has 2 aromatic carbocycles. The Hall–Kier alpha value is -3.43. The lowest BCUT2D eigenvalue weighted by Crippen LogP contribution is -2.51. The number of rotatable bonds is 3. The van der Waals surface area contributed by atoms with Gasteiger partial charge >= 0.3 is 6.18 Å². The van der Waals surface area contributed by atoms with Gasteiger partial charge < -0.3 is 9.80 Å². The van der Waals surface area contributed by atoms with Crippen LogP contribution in [-0.4, -0.2) is 46.5 Å². The molecule has 0 aliphatic carbocycles. The molecule has 2 heterocycles. The molecule has 3 aromatic rings. The number of aromatic nitrogens is 2. The summed E-state index contributed by atoms with van der Waals surface area (Å²) in [6, 6.07) is 10.8. The van der Waals surface area contributed by atoms with Gasteiger partial charge in [0, 0.05) is 31.9 Å². The second-order valence-electron chi connectivity index (χ2n) is 7.59. The van der Waals surface area contributed by atoms with Crippen LogP contribution in [-0.2, 0) is 11.0 Å². The van der Waals surface area contributed by atoms with Crippen molar-refractivity contribution in [2.75, 3.05) is 31.1 Å². The molecule has 32 heavy (non-hydrogen) atoms. The maximum atomic E-state index is 13.4. The van der Waals surface area contributed by atoms with Gasteiger partial charge in [0.15, 0.2) is 0 Å². The monoisotopic (exact) mass is 448 g/mol. The smallest absolute Gasteiger partial charge is 0.368 e. The average molecular weight is 448 g/mol. The molecular weight excluding hydrogens is 428 g/mol. The van der Waals surface area contributed by atoms with Crippen LogP contribution in [0.1, 0.15) is 18.7 Å². The summed E-state index contributed by atoms with van der Waals surface area (Å²) in [6.45, 7) is 3.02. The Morgan fingerprint density at radius 1 is 1.00 bits per heavy atom. The number of fused-ring (bicyclic) bond motifs is 1. The molecule has 168 valence electrons. The third-order valence-corrected chi connectivity index (χ3v) is 5.59. The van der Waals surface area contributed by atoms with Crippen LogP contribution in [0.5, 0.6) is 0 Å². The van der Waals surface area contributed by atoms with Gasteiger partial charge in [-0.1, -0.05) is 12.1 Å². The molecule has 10 heteroatoms. The molecule has 6 nitrogen and oxygen atoms in total. The summed E-state index contributed by atoms with van der Waals surface area (Å²) in [7, 11) is 0. The van der Waals surface area contributed by atoms with E-state index in [0.29, 0.717) is 26.2 Å². The highest BCUT2D eigenvalue weighted by Crippen LogP contribution is 2.28. The Bertz CT molecular complexity index is 1200. The van der Waals surface area contributed by atoms with E-state index in [1.165, 1.54) is 42.2 Å². The summed E-state index contributed by atoms with van der Waals surface area (Å²) >= 11 is 0. The molecule has 0 saturated carbocycles. The summed E-state index contributed by atoms with van der Waals surface area (Å²) in [5.74, 6) is -0.792. The lowest BCUT2D eigenvalue weighted by Gasteiger charge is -2.37. The molecule has 1 aromatic heterocycles. The number of piperazine rings is 1. The topological polar surface area (TPSA) is 58.4 Å². The second-order valence-corrected chi connectivity index (χ2v) is 7.59. The van der Waals surface area contributed by atoms with Crippen LogP contribution in [0.3, 0.4) is 0 Å². The highest BCUT2D eigenvalue weighted by Gasteiger charge is 2.39. The zero-order valence-corrected chi connectivity index (χ0v) is 17.1. The highest BCUT2D eigenvalue weighted by atomic mass is 19.4. The standard InChI is InChI=1S/C22H20F4N4O2/c1-14(20(31)29-12-10-28(11-13-29)16-8-6-15(23)7-9-16)30-18-5-3-2-4-17(18)27-19(21(30)32)22(24,25)26/h2-9,14H,10-13H2,1H3. The van der Waals surface area contributed by atoms with E-state index in [1.54, 1.807) is 18.2 Å². The van der Waals surface area contributed by atoms with Crippen molar-refractivity contribution in [3.63, 3.8) is 0 Å². The largest absolute Gasteiger partial charge is 0.438 e. The van der Waals surface area contributed by atoms with Crippen molar-refractivity contribution in [1.29, 1.82) is 0 Å². The summed E-state index contributed by atoms with van der Waals surface area (Å²) in [5, 5.41) is 0. The van der Waals surface area contributed by atoms with Gasteiger partial charge in [-0.05, 0) is 43.3 Å². The number of amides is 1. The van der Waals surface area contributed by atoms with Gasteiger partial charge in [-0.3, -0.25) is 14.2 Å². The second kappa shape index (κ2) is 8.25. The van der Waals surface area contributed by atoms with E-state index in [9.17, 15) is 27.2 Å². The van der Waals surface area contributed by atoms with Crippen molar-refractivity contribution >= 4 is 22.6 Å². The Labute approximate surface area is 180 Å². The number of carbonyl (C=O) groups is 1. The fourth-order valence-corrected chi connectivity index (χ4v) is 3.93. The fourth-order valence-electron chi connectivity index (χ4n) is 3.93. The van der Waals surface area contributed by atoms with Gasteiger partial charge in [-0.15, -0.1) is 0 Å². The first-order valence-electron chi connectivity index (χ1n) is 10.0. The zero-order chi connectivity index (χ0) is 23.0. The van der Waals surface area contributed by atoms with Crippen molar-refractivity contribution in [3.8, 4) is 0 Å². The number of benzene rings is 2. The van der Waals surface area contributed by atoms with E-state index in [4.69, 9.17) is 0 Å². The minimum absolute atomic E-state index is 0.0137.